The number of hydrogen-bond acceptors (Lipinski definition) is 4. The molecule has 21 heavy (non-hydrogen) atoms. The highest BCUT2D eigenvalue weighted by Crippen LogP contribution is 2.30. The number of benzene rings is 1. The Labute approximate surface area is 126 Å². The number of aliphatic carboxylic acids is 1. The summed E-state index contributed by atoms with van der Waals surface area (Å²) in [5.41, 5.74) is 0.928. The summed E-state index contributed by atoms with van der Waals surface area (Å²) in [4.78, 5) is 16.5. The summed E-state index contributed by atoms with van der Waals surface area (Å²) in [6.45, 7) is 0. The highest BCUT2D eigenvalue weighted by atomic mass is 32.1. The number of carboxylic acid groups (broad SMARTS) is 1. The van der Waals surface area contributed by atoms with E-state index in [0.29, 0.717) is 0 Å². The van der Waals surface area contributed by atoms with Crippen LogP contribution in [0.15, 0.2) is 60.2 Å². The second kappa shape index (κ2) is 5.93. The lowest BCUT2D eigenvalue weighted by Gasteiger charge is -2.21. The molecule has 106 valence electrons. The van der Waals surface area contributed by atoms with Crippen LogP contribution in [0.25, 0.3) is 10.7 Å². The number of nitrogens with zero attached hydrogens (tertiary/aromatic N) is 2. The van der Waals surface area contributed by atoms with E-state index in [4.69, 9.17) is 0 Å². The van der Waals surface area contributed by atoms with Gasteiger partial charge in [0.15, 0.2) is 5.82 Å². The number of hydrogen-bond donors (Lipinski definition) is 0. The summed E-state index contributed by atoms with van der Waals surface area (Å²) < 4.78 is 1.90. The van der Waals surface area contributed by atoms with Crippen LogP contribution in [0.1, 0.15) is 18.0 Å². The third-order valence-corrected chi connectivity index (χ3v) is 4.16. The Balaban J connectivity index is 2.06. The molecule has 5 heteroatoms. The highest BCUT2D eigenvalue weighted by Gasteiger charge is 2.18. The van der Waals surface area contributed by atoms with Gasteiger partial charge in [-0.05, 0) is 17.0 Å². The molecule has 0 bridgehead atoms. The van der Waals surface area contributed by atoms with Gasteiger partial charge in [0.1, 0.15) is 0 Å². The fourth-order valence-corrected chi connectivity index (χ4v) is 3.10. The third kappa shape index (κ3) is 2.87. The summed E-state index contributed by atoms with van der Waals surface area (Å²) in [5.74, 6) is -0.296. The molecule has 1 aromatic carbocycles. The summed E-state index contributed by atoms with van der Waals surface area (Å²) in [5, 5.41) is 13.1. The maximum Gasteiger partial charge on any atom is 0.150 e. The zero-order valence-electron chi connectivity index (χ0n) is 11.2. The van der Waals surface area contributed by atoms with Gasteiger partial charge in [0, 0.05) is 24.8 Å². The van der Waals surface area contributed by atoms with Crippen LogP contribution in [0.3, 0.4) is 0 Å². The zero-order valence-corrected chi connectivity index (χ0v) is 12.0. The topological polar surface area (TPSA) is 57.9 Å². The average molecular weight is 297 g/mol. The van der Waals surface area contributed by atoms with Gasteiger partial charge in [-0.3, -0.25) is 0 Å². The molecule has 0 saturated carbocycles. The number of carbonyl (C=O) groups excluding carboxylic acids is 1. The second-order valence-corrected chi connectivity index (χ2v) is 5.59. The van der Waals surface area contributed by atoms with Gasteiger partial charge in [-0.1, -0.05) is 36.4 Å². The minimum absolute atomic E-state index is 0.0846. The normalized spacial score (nSPS) is 12.2. The molecule has 2 aromatic heterocycles. The molecule has 0 aliphatic rings. The fourth-order valence-electron chi connectivity index (χ4n) is 2.37. The van der Waals surface area contributed by atoms with Crippen molar-refractivity contribution in [3.8, 4) is 10.7 Å². The maximum absolute atomic E-state index is 11.1. The Hall–Kier alpha value is -2.40. The first-order valence-electron chi connectivity index (χ1n) is 6.57. The first kappa shape index (κ1) is 13.6. The number of imidazole rings is 1. The Kier molecular flexibility index (Phi) is 3.83. The van der Waals surface area contributed by atoms with Gasteiger partial charge in [0.25, 0.3) is 0 Å². The molecule has 0 aliphatic carbocycles. The van der Waals surface area contributed by atoms with Crippen molar-refractivity contribution < 1.29 is 9.90 Å². The molecule has 0 spiro atoms. The molecule has 3 rings (SSSR count). The second-order valence-electron chi connectivity index (χ2n) is 4.64. The quantitative estimate of drug-likeness (QED) is 0.726. The number of rotatable bonds is 5. The molecule has 0 N–H and O–H groups in total. The smallest absolute Gasteiger partial charge is 0.150 e. The van der Waals surface area contributed by atoms with E-state index < -0.39 is 5.97 Å². The van der Waals surface area contributed by atoms with Crippen molar-refractivity contribution in [3.05, 3.63) is 65.8 Å². The largest absolute Gasteiger partial charge is 0.550 e. The molecular weight excluding hydrogens is 284 g/mol. The van der Waals surface area contributed by atoms with Gasteiger partial charge in [0.2, 0.25) is 0 Å². The van der Waals surface area contributed by atoms with E-state index in [0.717, 1.165) is 16.3 Å². The van der Waals surface area contributed by atoms with Crippen LogP contribution < -0.4 is 5.11 Å². The standard InChI is InChI=1S/C16H14N2O2S/c19-15(20)11-13(12-5-2-1-3-6-12)18-9-8-17-16(18)14-7-4-10-21-14/h1-10,13H,11H2,(H,19,20)/p-1. The van der Waals surface area contributed by atoms with Gasteiger partial charge < -0.3 is 14.5 Å². The Morgan fingerprint density at radius 2 is 2.05 bits per heavy atom. The van der Waals surface area contributed by atoms with Gasteiger partial charge in [0.05, 0.1) is 10.9 Å². The number of aromatic nitrogens is 2. The number of thiophene rings is 1. The van der Waals surface area contributed by atoms with Gasteiger partial charge in [-0.2, -0.15) is 0 Å². The monoisotopic (exact) mass is 297 g/mol. The van der Waals surface area contributed by atoms with Gasteiger partial charge in [-0.25, -0.2) is 4.98 Å². The first-order chi connectivity index (χ1) is 10.3. The number of carboxylic acids is 1. The molecule has 3 aromatic rings. The minimum atomic E-state index is -1.07. The molecule has 4 nitrogen and oxygen atoms in total. The van der Waals surface area contributed by atoms with Crippen molar-refractivity contribution in [2.75, 3.05) is 0 Å². The maximum atomic E-state index is 11.1. The van der Waals surface area contributed by atoms with Crippen molar-refractivity contribution in [1.82, 2.24) is 9.55 Å². The van der Waals surface area contributed by atoms with Crippen molar-refractivity contribution >= 4 is 17.3 Å². The van der Waals surface area contributed by atoms with Crippen molar-refractivity contribution in [3.63, 3.8) is 0 Å². The van der Waals surface area contributed by atoms with Crippen molar-refractivity contribution in [1.29, 1.82) is 0 Å². The molecule has 0 aliphatic heterocycles. The molecule has 1 unspecified atom stereocenters. The van der Waals surface area contributed by atoms with E-state index in [1.165, 1.54) is 0 Å². The van der Waals surface area contributed by atoms with Crippen LogP contribution in [0, 0.1) is 0 Å². The van der Waals surface area contributed by atoms with E-state index >= 15 is 0 Å². The number of carbonyl (C=O) groups is 1. The highest BCUT2D eigenvalue weighted by molar-refractivity contribution is 7.13. The van der Waals surface area contributed by atoms with Crippen LogP contribution in [-0.4, -0.2) is 15.5 Å². The Morgan fingerprint density at radius 1 is 1.24 bits per heavy atom. The summed E-state index contributed by atoms with van der Waals surface area (Å²) in [6, 6.07) is 13.2. The molecule has 1 atom stereocenters. The van der Waals surface area contributed by atoms with Gasteiger partial charge in [-0.15, -0.1) is 11.3 Å². The van der Waals surface area contributed by atoms with Crippen LogP contribution in [0.2, 0.25) is 0 Å². The molecule has 0 saturated heterocycles. The van der Waals surface area contributed by atoms with Crippen LogP contribution >= 0.6 is 11.3 Å². The minimum Gasteiger partial charge on any atom is -0.550 e. The van der Waals surface area contributed by atoms with Crippen LogP contribution in [0.5, 0.6) is 0 Å². The van der Waals surface area contributed by atoms with E-state index in [9.17, 15) is 9.90 Å². The lowest BCUT2D eigenvalue weighted by molar-refractivity contribution is -0.306. The molecule has 0 radical (unpaired) electrons. The van der Waals surface area contributed by atoms with Crippen LogP contribution in [-0.2, 0) is 4.79 Å². The molecular formula is C16H13N2O2S-. The lowest BCUT2D eigenvalue weighted by atomic mass is 10.0. The lowest BCUT2D eigenvalue weighted by Crippen LogP contribution is -2.27. The van der Waals surface area contributed by atoms with E-state index in [2.05, 4.69) is 4.98 Å². The Morgan fingerprint density at radius 3 is 2.71 bits per heavy atom. The summed E-state index contributed by atoms with van der Waals surface area (Å²) in [6.07, 6.45) is 3.43. The predicted octanol–water partition coefficient (Wildman–Crippen LogP) is 2.34. The van der Waals surface area contributed by atoms with E-state index in [-0.39, 0.29) is 12.5 Å². The fraction of sp³-hybridized carbons (Fsp3) is 0.125. The Bertz CT molecular complexity index is 720. The summed E-state index contributed by atoms with van der Waals surface area (Å²) >= 11 is 1.58. The zero-order chi connectivity index (χ0) is 14.7. The van der Waals surface area contributed by atoms with Crippen LogP contribution in [0.4, 0.5) is 0 Å². The van der Waals surface area contributed by atoms with Crippen molar-refractivity contribution in [2.45, 2.75) is 12.5 Å². The SMILES string of the molecule is O=C([O-])CC(c1ccccc1)n1ccnc1-c1cccs1. The third-order valence-electron chi connectivity index (χ3n) is 3.29. The molecule has 0 amide bonds. The van der Waals surface area contributed by atoms with Gasteiger partial charge >= 0.3 is 0 Å². The average Bonchev–Trinajstić information content (AvgIpc) is 3.16. The van der Waals surface area contributed by atoms with E-state index in [1.807, 2.05) is 58.6 Å². The predicted molar refractivity (Wildman–Crippen MR) is 79.7 cm³/mol. The first-order valence-corrected chi connectivity index (χ1v) is 7.45. The summed E-state index contributed by atoms with van der Waals surface area (Å²) in [7, 11) is 0. The molecule has 0 fully saturated rings. The molecule has 2 heterocycles. The van der Waals surface area contributed by atoms with E-state index in [1.54, 1.807) is 17.5 Å². The van der Waals surface area contributed by atoms with Crippen molar-refractivity contribution in [2.24, 2.45) is 0 Å².